The molecule has 0 spiro atoms. The second-order valence-corrected chi connectivity index (χ2v) is 5.05. The summed E-state index contributed by atoms with van der Waals surface area (Å²) in [5.74, 6) is 2.27. The third-order valence-electron chi connectivity index (χ3n) is 2.60. The van der Waals surface area contributed by atoms with Gasteiger partial charge in [0.15, 0.2) is 0 Å². The Morgan fingerprint density at radius 2 is 1.93 bits per heavy atom. The molecule has 0 unspecified atom stereocenters. The molecule has 1 nitrogen and oxygen atoms in total. The molecule has 0 saturated heterocycles. The van der Waals surface area contributed by atoms with Crippen LogP contribution in [0.3, 0.4) is 0 Å². The largest absolute Gasteiger partial charge is 0.392 e. The van der Waals surface area contributed by atoms with Gasteiger partial charge in [0.1, 0.15) is 0 Å². The minimum absolute atomic E-state index is 0.146. The van der Waals surface area contributed by atoms with Crippen LogP contribution in [0.25, 0.3) is 0 Å². The van der Waals surface area contributed by atoms with Gasteiger partial charge in [-0.15, -0.1) is 11.8 Å². The maximum absolute atomic E-state index is 8.88. The summed E-state index contributed by atoms with van der Waals surface area (Å²) in [4.78, 5) is 1.32. The zero-order valence-electron chi connectivity index (χ0n) is 8.28. The van der Waals surface area contributed by atoms with Gasteiger partial charge in [-0.05, 0) is 35.8 Å². The summed E-state index contributed by atoms with van der Waals surface area (Å²) in [5.41, 5.74) is 0.997. The molecule has 1 aliphatic rings. The summed E-state index contributed by atoms with van der Waals surface area (Å²) in [6.07, 6.45) is 4.26. The average molecular weight is 208 g/mol. The van der Waals surface area contributed by atoms with Gasteiger partial charge in [0, 0.05) is 4.90 Å². The number of rotatable bonds is 5. The Hall–Kier alpha value is -0.470. The van der Waals surface area contributed by atoms with Crippen molar-refractivity contribution < 1.29 is 5.11 Å². The third-order valence-corrected chi connectivity index (χ3v) is 3.64. The Kier molecular flexibility index (Phi) is 3.49. The highest BCUT2D eigenvalue weighted by atomic mass is 32.2. The molecule has 0 atom stereocenters. The lowest BCUT2D eigenvalue weighted by Crippen LogP contribution is -1.84. The molecule has 1 aliphatic carbocycles. The van der Waals surface area contributed by atoms with E-state index in [2.05, 4.69) is 12.1 Å². The van der Waals surface area contributed by atoms with E-state index < -0.39 is 0 Å². The first-order valence-electron chi connectivity index (χ1n) is 5.21. The number of hydrogen-bond acceptors (Lipinski definition) is 2. The molecule has 0 aromatic heterocycles. The van der Waals surface area contributed by atoms with Gasteiger partial charge in [-0.25, -0.2) is 0 Å². The Morgan fingerprint density at radius 3 is 2.50 bits per heavy atom. The number of hydrogen-bond donors (Lipinski definition) is 1. The molecule has 2 rings (SSSR count). The van der Waals surface area contributed by atoms with E-state index in [1.807, 2.05) is 23.9 Å². The quantitative estimate of drug-likeness (QED) is 0.750. The fourth-order valence-corrected chi connectivity index (χ4v) is 2.46. The van der Waals surface area contributed by atoms with Gasteiger partial charge in [-0.2, -0.15) is 0 Å². The lowest BCUT2D eigenvalue weighted by atomic mass is 10.2. The van der Waals surface area contributed by atoms with Gasteiger partial charge in [-0.1, -0.05) is 25.0 Å². The third kappa shape index (κ3) is 3.03. The normalized spacial score (nSPS) is 15.8. The standard InChI is InChI=1S/C12H16OS/c13-9-11-3-5-12(6-4-11)14-8-7-10-1-2-10/h3-6,10,13H,1-2,7-9H2. The Morgan fingerprint density at radius 1 is 1.21 bits per heavy atom. The molecule has 0 bridgehead atoms. The molecule has 0 radical (unpaired) electrons. The second kappa shape index (κ2) is 4.85. The summed E-state index contributed by atoms with van der Waals surface area (Å²) in [7, 11) is 0. The number of benzene rings is 1. The molecule has 1 aromatic rings. The molecular weight excluding hydrogens is 192 g/mol. The van der Waals surface area contributed by atoms with E-state index in [9.17, 15) is 0 Å². The Bertz CT molecular complexity index is 277. The van der Waals surface area contributed by atoms with Crippen molar-refractivity contribution >= 4 is 11.8 Å². The summed E-state index contributed by atoms with van der Waals surface area (Å²) < 4.78 is 0. The summed E-state index contributed by atoms with van der Waals surface area (Å²) in [5, 5.41) is 8.88. The zero-order chi connectivity index (χ0) is 9.80. The Labute approximate surface area is 89.5 Å². The molecule has 1 aromatic carbocycles. The molecule has 0 heterocycles. The predicted molar refractivity (Wildman–Crippen MR) is 60.4 cm³/mol. The van der Waals surface area contributed by atoms with Gasteiger partial charge in [-0.3, -0.25) is 0 Å². The second-order valence-electron chi connectivity index (χ2n) is 3.88. The summed E-state index contributed by atoms with van der Waals surface area (Å²) in [6, 6.07) is 8.20. The van der Waals surface area contributed by atoms with E-state index >= 15 is 0 Å². The maximum atomic E-state index is 8.88. The first kappa shape index (κ1) is 10.1. The highest BCUT2D eigenvalue weighted by Gasteiger charge is 2.20. The smallest absolute Gasteiger partial charge is 0.0681 e. The van der Waals surface area contributed by atoms with E-state index in [-0.39, 0.29) is 6.61 Å². The number of aliphatic hydroxyl groups is 1. The van der Waals surface area contributed by atoms with E-state index in [1.165, 1.54) is 29.9 Å². The van der Waals surface area contributed by atoms with Crippen molar-refractivity contribution in [2.24, 2.45) is 5.92 Å². The molecule has 2 heteroatoms. The van der Waals surface area contributed by atoms with Crippen LogP contribution in [0.2, 0.25) is 0 Å². The molecular formula is C12H16OS. The van der Waals surface area contributed by atoms with Crippen LogP contribution in [0.15, 0.2) is 29.2 Å². The van der Waals surface area contributed by atoms with Crippen molar-refractivity contribution in [2.45, 2.75) is 30.8 Å². The van der Waals surface area contributed by atoms with Crippen LogP contribution in [-0.2, 0) is 6.61 Å². The van der Waals surface area contributed by atoms with Crippen LogP contribution in [0.1, 0.15) is 24.8 Å². The van der Waals surface area contributed by atoms with Crippen molar-refractivity contribution in [3.63, 3.8) is 0 Å². The van der Waals surface area contributed by atoms with Crippen LogP contribution in [0.4, 0.5) is 0 Å². The maximum Gasteiger partial charge on any atom is 0.0681 e. The summed E-state index contributed by atoms with van der Waals surface area (Å²) >= 11 is 1.93. The van der Waals surface area contributed by atoms with Gasteiger partial charge in [0.25, 0.3) is 0 Å². The van der Waals surface area contributed by atoms with E-state index in [0.29, 0.717) is 0 Å². The van der Waals surface area contributed by atoms with Crippen molar-refractivity contribution in [3.05, 3.63) is 29.8 Å². The minimum atomic E-state index is 0.146. The minimum Gasteiger partial charge on any atom is -0.392 e. The lowest BCUT2D eigenvalue weighted by molar-refractivity contribution is 0.282. The van der Waals surface area contributed by atoms with Crippen LogP contribution < -0.4 is 0 Å². The van der Waals surface area contributed by atoms with Crippen LogP contribution in [-0.4, -0.2) is 10.9 Å². The molecule has 14 heavy (non-hydrogen) atoms. The fourth-order valence-electron chi connectivity index (χ4n) is 1.44. The van der Waals surface area contributed by atoms with E-state index in [0.717, 1.165) is 11.5 Å². The topological polar surface area (TPSA) is 20.2 Å². The van der Waals surface area contributed by atoms with Crippen LogP contribution in [0.5, 0.6) is 0 Å². The van der Waals surface area contributed by atoms with Crippen LogP contribution in [0, 0.1) is 5.92 Å². The van der Waals surface area contributed by atoms with Crippen molar-refractivity contribution in [1.29, 1.82) is 0 Å². The fraction of sp³-hybridized carbons (Fsp3) is 0.500. The summed E-state index contributed by atoms with van der Waals surface area (Å²) in [6.45, 7) is 0.146. The van der Waals surface area contributed by atoms with Crippen LogP contribution >= 0.6 is 11.8 Å². The molecule has 1 fully saturated rings. The highest BCUT2D eigenvalue weighted by molar-refractivity contribution is 7.99. The monoisotopic (exact) mass is 208 g/mol. The van der Waals surface area contributed by atoms with Gasteiger partial charge >= 0.3 is 0 Å². The number of thioether (sulfide) groups is 1. The SMILES string of the molecule is OCc1ccc(SCCC2CC2)cc1. The van der Waals surface area contributed by atoms with E-state index in [4.69, 9.17) is 5.11 Å². The van der Waals surface area contributed by atoms with Crippen molar-refractivity contribution in [1.82, 2.24) is 0 Å². The van der Waals surface area contributed by atoms with Crippen molar-refractivity contribution in [3.8, 4) is 0 Å². The molecule has 0 amide bonds. The molecule has 76 valence electrons. The van der Waals surface area contributed by atoms with Gasteiger partial charge < -0.3 is 5.11 Å². The molecule has 0 aliphatic heterocycles. The zero-order valence-corrected chi connectivity index (χ0v) is 9.09. The first-order chi connectivity index (χ1) is 6.88. The molecule has 1 N–H and O–H groups in total. The van der Waals surface area contributed by atoms with E-state index in [1.54, 1.807) is 0 Å². The average Bonchev–Trinajstić information content (AvgIpc) is 3.03. The predicted octanol–water partition coefficient (Wildman–Crippen LogP) is 3.07. The van der Waals surface area contributed by atoms with Gasteiger partial charge in [0.2, 0.25) is 0 Å². The lowest BCUT2D eigenvalue weighted by Gasteiger charge is -2.01. The first-order valence-corrected chi connectivity index (χ1v) is 6.19. The highest BCUT2D eigenvalue weighted by Crippen LogP contribution is 2.34. The van der Waals surface area contributed by atoms with Crippen molar-refractivity contribution in [2.75, 3.05) is 5.75 Å². The Balaban J connectivity index is 1.77. The number of aliphatic hydroxyl groups excluding tert-OH is 1. The van der Waals surface area contributed by atoms with Gasteiger partial charge in [0.05, 0.1) is 6.61 Å². The molecule has 1 saturated carbocycles.